The molecule has 1 unspecified atom stereocenters. The molecule has 0 aromatic carbocycles. The summed E-state index contributed by atoms with van der Waals surface area (Å²) in [6, 6.07) is 6.39. The van der Waals surface area contributed by atoms with Gasteiger partial charge in [0.2, 0.25) is 23.5 Å². The second-order valence-corrected chi connectivity index (χ2v) is 7.06. The lowest BCUT2D eigenvalue weighted by Gasteiger charge is -2.27. The number of carbonyl (C=O) groups is 2. The minimum absolute atomic E-state index is 0.173. The van der Waals surface area contributed by atoms with E-state index < -0.39 is 12.2 Å². The molecule has 0 saturated carbocycles. The number of nitrogens with zero attached hydrogens (tertiary/aromatic N) is 2. The van der Waals surface area contributed by atoms with Crippen LogP contribution in [0.3, 0.4) is 0 Å². The summed E-state index contributed by atoms with van der Waals surface area (Å²) in [4.78, 5) is 31.0. The number of hydrogen-bond donors (Lipinski definition) is 0. The third-order valence-electron chi connectivity index (χ3n) is 4.74. The first-order chi connectivity index (χ1) is 16.6. The molecular weight excluding hydrogens is 436 g/mol. The van der Waals surface area contributed by atoms with Crippen molar-refractivity contribution in [1.82, 2.24) is 9.97 Å². The van der Waals surface area contributed by atoms with Gasteiger partial charge in [0.25, 0.3) is 0 Å². The number of pyridine rings is 2. The molecule has 180 valence electrons. The molecule has 8 nitrogen and oxygen atoms in total. The molecule has 0 radical (unpaired) electrons. The monoisotopic (exact) mass is 466 g/mol. The molecule has 2 aromatic heterocycles. The smallest absolute Gasteiger partial charge is 0.227 e. The summed E-state index contributed by atoms with van der Waals surface area (Å²) in [5.41, 5.74) is 0.647. The summed E-state index contributed by atoms with van der Waals surface area (Å²) < 4.78 is 22.8. The van der Waals surface area contributed by atoms with Crippen molar-refractivity contribution in [3.05, 3.63) is 72.4 Å². The Bertz CT molecular complexity index is 1020. The SMILES string of the molecule is C=C/C=C\C[C@@H](Oc1ccc(C=O)c(OC)n1)C(C/C=C\CC)Oc1ccc(C=O)c(OC)n1. The normalized spacial score (nSPS) is 12.8. The van der Waals surface area contributed by atoms with Gasteiger partial charge in [-0.2, -0.15) is 9.97 Å². The summed E-state index contributed by atoms with van der Waals surface area (Å²) in [6.07, 6.45) is 11.8. The zero-order chi connectivity index (χ0) is 24.8. The molecule has 0 saturated heterocycles. The summed E-state index contributed by atoms with van der Waals surface area (Å²) in [6.45, 7) is 5.75. The molecule has 0 aliphatic rings. The lowest BCUT2D eigenvalue weighted by Crippen LogP contribution is -2.36. The summed E-state index contributed by atoms with van der Waals surface area (Å²) >= 11 is 0. The molecule has 2 aromatic rings. The molecule has 2 rings (SSSR count). The number of ether oxygens (including phenoxy) is 4. The molecule has 0 N–H and O–H groups in total. The molecule has 34 heavy (non-hydrogen) atoms. The Kier molecular flexibility index (Phi) is 11.0. The molecule has 0 aliphatic carbocycles. The highest BCUT2D eigenvalue weighted by Gasteiger charge is 2.25. The first kappa shape index (κ1) is 26.3. The molecule has 8 heteroatoms. The van der Waals surface area contributed by atoms with Crippen molar-refractivity contribution in [3.8, 4) is 23.5 Å². The van der Waals surface area contributed by atoms with Crippen molar-refractivity contribution in [1.29, 1.82) is 0 Å². The quantitative estimate of drug-likeness (QED) is 0.210. The number of carbonyl (C=O) groups excluding carboxylic acids is 2. The van der Waals surface area contributed by atoms with Crippen LogP contribution in [-0.2, 0) is 0 Å². The maximum absolute atomic E-state index is 11.2. The number of allylic oxidation sites excluding steroid dienone is 3. The Morgan fingerprint density at radius 2 is 1.32 bits per heavy atom. The lowest BCUT2D eigenvalue weighted by molar-refractivity contribution is 0.0505. The fraction of sp³-hybridized carbons (Fsp3) is 0.308. The highest BCUT2D eigenvalue weighted by molar-refractivity contribution is 5.78. The van der Waals surface area contributed by atoms with Crippen LogP contribution >= 0.6 is 0 Å². The van der Waals surface area contributed by atoms with E-state index in [-0.39, 0.29) is 17.6 Å². The fourth-order valence-electron chi connectivity index (χ4n) is 3.07. The molecule has 0 spiro atoms. The number of hydrogen-bond acceptors (Lipinski definition) is 8. The predicted molar refractivity (Wildman–Crippen MR) is 129 cm³/mol. The van der Waals surface area contributed by atoms with Crippen LogP contribution in [0.5, 0.6) is 23.5 Å². The van der Waals surface area contributed by atoms with Gasteiger partial charge in [-0.1, -0.05) is 43.9 Å². The van der Waals surface area contributed by atoms with Crippen LogP contribution in [0.2, 0.25) is 0 Å². The van der Waals surface area contributed by atoms with Crippen molar-refractivity contribution in [3.63, 3.8) is 0 Å². The van der Waals surface area contributed by atoms with Crippen LogP contribution in [0.4, 0.5) is 0 Å². The second-order valence-electron chi connectivity index (χ2n) is 7.06. The van der Waals surface area contributed by atoms with Gasteiger partial charge in [0.15, 0.2) is 12.6 Å². The van der Waals surface area contributed by atoms with Gasteiger partial charge < -0.3 is 18.9 Å². The van der Waals surface area contributed by atoms with E-state index in [0.29, 0.717) is 42.4 Å². The minimum atomic E-state index is -0.476. The molecule has 0 aliphatic heterocycles. The molecule has 2 atom stereocenters. The predicted octanol–water partition coefficient (Wildman–Crippen LogP) is 4.80. The second kappa shape index (κ2) is 14.3. The van der Waals surface area contributed by atoms with Gasteiger partial charge >= 0.3 is 0 Å². The maximum Gasteiger partial charge on any atom is 0.227 e. The third-order valence-corrected chi connectivity index (χ3v) is 4.74. The zero-order valence-electron chi connectivity index (χ0n) is 19.7. The summed E-state index contributed by atoms with van der Waals surface area (Å²) in [5, 5.41) is 0. The maximum atomic E-state index is 11.2. The molecule has 0 amide bonds. The zero-order valence-corrected chi connectivity index (χ0v) is 19.7. The lowest BCUT2D eigenvalue weighted by atomic mass is 10.1. The van der Waals surface area contributed by atoms with E-state index in [4.69, 9.17) is 18.9 Å². The van der Waals surface area contributed by atoms with Crippen molar-refractivity contribution in [2.45, 2.75) is 38.4 Å². The van der Waals surface area contributed by atoms with Crippen LogP contribution in [0.25, 0.3) is 0 Å². The van der Waals surface area contributed by atoms with E-state index in [9.17, 15) is 9.59 Å². The van der Waals surface area contributed by atoms with Crippen molar-refractivity contribution < 1.29 is 28.5 Å². The topological polar surface area (TPSA) is 96.8 Å². The van der Waals surface area contributed by atoms with Crippen LogP contribution in [0.1, 0.15) is 46.9 Å². The van der Waals surface area contributed by atoms with E-state index in [0.717, 1.165) is 6.42 Å². The Hall–Kier alpha value is -3.94. The number of aldehydes is 2. The van der Waals surface area contributed by atoms with Gasteiger partial charge in [0.05, 0.1) is 25.3 Å². The Balaban J connectivity index is 2.39. The Morgan fingerprint density at radius 3 is 1.74 bits per heavy atom. The van der Waals surface area contributed by atoms with Crippen molar-refractivity contribution >= 4 is 12.6 Å². The first-order valence-electron chi connectivity index (χ1n) is 10.9. The van der Waals surface area contributed by atoms with Gasteiger partial charge in [-0.25, -0.2) is 0 Å². The standard InChI is InChI=1S/C26H30N2O6/c1-5-7-9-11-21(33-23-15-13-19(17-29)25(27-23)31-3)22(12-10-8-6-2)34-24-16-14-20(18-30)26(28-24)32-4/h5,7-10,13-18,21-22H,1,6,11-12H2,2-4H3/b9-7-,10-8-/t21-,22?/m1/s1. The van der Waals surface area contributed by atoms with E-state index in [2.05, 4.69) is 16.5 Å². The van der Waals surface area contributed by atoms with E-state index in [1.54, 1.807) is 30.3 Å². The Labute approximate surface area is 199 Å². The molecule has 2 heterocycles. The first-order valence-corrected chi connectivity index (χ1v) is 10.9. The van der Waals surface area contributed by atoms with E-state index in [1.807, 2.05) is 31.2 Å². The van der Waals surface area contributed by atoms with Gasteiger partial charge in [0, 0.05) is 25.0 Å². The van der Waals surface area contributed by atoms with Crippen LogP contribution in [0, 0.1) is 0 Å². The molecule has 0 fully saturated rings. The van der Waals surface area contributed by atoms with Gasteiger partial charge in [-0.05, 0) is 18.6 Å². The van der Waals surface area contributed by atoms with Crippen molar-refractivity contribution in [2.75, 3.05) is 14.2 Å². The van der Waals surface area contributed by atoms with Gasteiger partial charge in [0.1, 0.15) is 12.2 Å². The number of methoxy groups -OCH3 is 2. The van der Waals surface area contributed by atoms with Crippen LogP contribution < -0.4 is 18.9 Å². The third kappa shape index (κ3) is 7.58. The van der Waals surface area contributed by atoms with E-state index >= 15 is 0 Å². The summed E-state index contributed by atoms with van der Waals surface area (Å²) in [5.74, 6) is 0.928. The summed E-state index contributed by atoms with van der Waals surface area (Å²) in [7, 11) is 2.88. The van der Waals surface area contributed by atoms with Crippen LogP contribution in [0.15, 0.2) is 61.2 Å². The average molecular weight is 467 g/mol. The molecule has 0 bridgehead atoms. The largest absolute Gasteiger partial charge is 0.480 e. The van der Waals surface area contributed by atoms with E-state index in [1.165, 1.54) is 14.2 Å². The van der Waals surface area contributed by atoms with Gasteiger partial charge in [-0.15, -0.1) is 0 Å². The number of rotatable bonds is 15. The molecular formula is C26H30N2O6. The highest BCUT2D eigenvalue weighted by atomic mass is 16.6. The minimum Gasteiger partial charge on any atom is -0.480 e. The van der Waals surface area contributed by atoms with Crippen molar-refractivity contribution in [2.24, 2.45) is 0 Å². The Morgan fingerprint density at radius 1 is 0.824 bits per heavy atom. The average Bonchev–Trinajstić information content (AvgIpc) is 2.87. The number of aromatic nitrogens is 2. The van der Waals surface area contributed by atoms with Gasteiger partial charge in [-0.3, -0.25) is 9.59 Å². The van der Waals surface area contributed by atoms with Crippen LogP contribution in [-0.4, -0.2) is 49.0 Å². The highest BCUT2D eigenvalue weighted by Crippen LogP contribution is 2.25. The fourth-order valence-corrected chi connectivity index (χ4v) is 3.07.